The van der Waals surface area contributed by atoms with Gasteiger partial charge in [0.05, 0.1) is 0 Å². The Kier molecular flexibility index (Phi) is 7.62. The third-order valence-corrected chi connectivity index (χ3v) is 4.42. The lowest BCUT2D eigenvalue weighted by Gasteiger charge is -2.34. The van der Waals surface area contributed by atoms with Crippen molar-refractivity contribution in [2.24, 2.45) is 11.8 Å². The van der Waals surface area contributed by atoms with Crippen molar-refractivity contribution in [3.63, 3.8) is 0 Å². The third-order valence-electron chi connectivity index (χ3n) is 4.42. The molecule has 1 saturated heterocycles. The van der Waals surface area contributed by atoms with Crippen molar-refractivity contribution in [1.29, 1.82) is 0 Å². The average Bonchev–Trinajstić information content (AvgIpc) is 2.77. The van der Waals surface area contributed by atoms with Crippen molar-refractivity contribution in [3.05, 3.63) is 0 Å². The van der Waals surface area contributed by atoms with Crippen LogP contribution in [0, 0.1) is 11.8 Å². The van der Waals surface area contributed by atoms with Gasteiger partial charge in [-0.05, 0) is 38.8 Å². The molecule has 2 rings (SSSR count). The summed E-state index contributed by atoms with van der Waals surface area (Å²) in [5, 5.41) is 3.24. The van der Waals surface area contributed by atoms with Gasteiger partial charge in [0, 0.05) is 19.3 Å². The predicted octanol–water partition coefficient (Wildman–Crippen LogP) is 4.25. The van der Waals surface area contributed by atoms with E-state index in [-0.39, 0.29) is 0 Å². The zero-order valence-corrected chi connectivity index (χ0v) is 14.8. The van der Waals surface area contributed by atoms with Crippen LogP contribution in [0.15, 0.2) is 0 Å². The van der Waals surface area contributed by atoms with Crippen molar-refractivity contribution in [2.75, 3.05) is 13.6 Å². The summed E-state index contributed by atoms with van der Waals surface area (Å²) in [7, 11) is 1.99. The van der Waals surface area contributed by atoms with E-state index in [1.165, 1.54) is 6.42 Å². The summed E-state index contributed by atoms with van der Waals surface area (Å²) in [5.74, 6) is 0.132. The van der Waals surface area contributed by atoms with E-state index in [4.69, 9.17) is 14.5 Å². The Balaban J connectivity index is 0.00000106. The summed E-state index contributed by atoms with van der Waals surface area (Å²) < 4.78 is 6.25. The summed E-state index contributed by atoms with van der Waals surface area (Å²) in [6.07, 6.45) is 6.32. The van der Waals surface area contributed by atoms with Crippen LogP contribution in [0.4, 0.5) is 0 Å². The molecule has 1 aliphatic heterocycles. The number of ether oxygens (including phenoxy) is 1. The second-order valence-corrected chi connectivity index (χ2v) is 6.55. The number of hydrogen-bond donors (Lipinski definition) is 1. The van der Waals surface area contributed by atoms with Gasteiger partial charge in [0.1, 0.15) is 0 Å². The summed E-state index contributed by atoms with van der Waals surface area (Å²) in [6, 6.07) is 0. The molecule has 2 aliphatic rings. The summed E-state index contributed by atoms with van der Waals surface area (Å²) >= 11 is 0. The first-order valence-electron chi connectivity index (χ1n) is 8.72. The van der Waals surface area contributed by atoms with Crippen LogP contribution in [-0.4, -0.2) is 25.2 Å². The van der Waals surface area contributed by atoms with Crippen LogP contribution >= 0.6 is 0 Å². The maximum atomic E-state index is 6.25. The SMILES string of the molecule is CC.CCC(CNC)CC1(C)OOC2(CCCC(C)C2)O1. The van der Waals surface area contributed by atoms with Gasteiger partial charge >= 0.3 is 0 Å². The van der Waals surface area contributed by atoms with E-state index in [2.05, 4.69) is 19.2 Å². The molecule has 0 aromatic heterocycles. The molecule has 0 aromatic rings. The Morgan fingerprint density at radius 3 is 2.57 bits per heavy atom. The van der Waals surface area contributed by atoms with E-state index < -0.39 is 11.6 Å². The van der Waals surface area contributed by atoms with Crippen LogP contribution < -0.4 is 5.32 Å². The van der Waals surface area contributed by atoms with Gasteiger partial charge in [0.15, 0.2) is 0 Å². The van der Waals surface area contributed by atoms with Crippen LogP contribution in [0.25, 0.3) is 0 Å². The van der Waals surface area contributed by atoms with Crippen molar-refractivity contribution >= 4 is 0 Å². The Morgan fingerprint density at radius 1 is 1.29 bits per heavy atom. The van der Waals surface area contributed by atoms with E-state index in [0.29, 0.717) is 11.8 Å². The molecule has 4 unspecified atom stereocenters. The summed E-state index contributed by atoms with van der Waals surface area (Å²) in [5.41, 5.74) is 0. The Morgan fingerprint density at radius 2 is 2.00 bits per heavy atom. The number of nitrogens with one attached hydrogen (secondary N) is 1. The van der Waals surface area contributed by atoms with E-state index in [1.807, 2.05) is 27.8 Å². The van der Waals surface area contributed by atoms with Crippen molar-refractivity contribution in [1.82, 2.24) is 5.32 Å². The third kappa shape index (κ3) is 5.20. The molecule has 4 heteroatoms. The topological polar surface area (TPSA) is 39.7 Å². The number of rotatable bonds is 5. The fourth-order valence-electron chi connectivity index (χ4n) is 3.46. The molecular formula is C17H35NO3. The van der Waals surface area contributed by atoms with Gasteiger partial charge in [0.25, 0.3) is 0 Å². The zero-order valence-electron chi connectivity index (χ0n) is 14.8. The highest BCUT2D eigenvalue weighted by atomic mass is 17.3. The molecule has 4 nitrogen and oxygen atoms in total. The van der Waals surface area contributed by atoms with Gasteiger partial charge in [-0.1, -0.05) is 40.5 Å². The van der Waals surface area contributed by atoms with Crippen molar-refractivity contribution in [2.45, 2.75) is 84.7 Å². The van der Waals surface area contributed by atoms with Gasteiger partial charge in [-0.15, -0.1) is 0 Å². The fraction of sp³-hybridized carbons (Fsp3) is 1.00. The Labute approximate surface area is 130 Å². The normalized spacial score (nSPS) is 37.1. The van der Waals surface area contributed by atoms with Gasteiger partial charge in [0.2, 0.25) is 11.6 Å². The molecule has 0 amide bonds. The first-order valence-corrected chi connectivity index (χ1v) is 8.72. The highest BCUT2D eigenvalue weighted by molar-refractivity contribution is 4.84. The molecule has 4 atom stereocenters. The van der Waals surface area contributed by atoms with Crippen LogP contribution in [0.1, 0.15) is 73.1 Å². The van der Waals surface area contributed by atoms with Crippen LogP contribution in [-0.2, 0) is 14.5 Å². The van der Waals surface area contributed by atoms with Crippen LogP contribution in [0.5, 0.6) is 0 Å². The van der Waals surface area contributed by atoms with Gasteiger partial charge in [-0.25, -0.2) is 0 Å². The molecule has 126 valence electrons. The Hall–Kier alpha value is -0.160. The predicted molar refractivity (Wildman–Crippen MR) is 85.7 cm³/mol. The van der Waals surface area contributed by atoms with Gasteiger partial charge in [-0.3, -0.25) is 0 Å². The van der Waals surface area contributed by atoms with Gasteiger partial charge < -0.3 is 10.1 Å². The first kappa shape index (κ1) is 18.9. The van der Waals surface area contributed by atoms with E-state index in [1.54, 1.807) is 0 Å². The molecule has 1 heterocycles. The fourth-order valence-corrected chi connectivity index (χ4v) is 3.46. The standard InChI is InChI=1S/C15H29NO3.C2H6/c1-5-13(11-16-4)10-14(3)17-15(19-18-14)8-6-7-12(2)9-15;1-2/h12-13,16H,5-11H2,1-4H3;1-2H3. The molecule has 2 fully saturated rings. The number of hydrogen-bond acceptors (Lipinski definition) is 4. The van der Waals surface area contributed by atoms with Crippen LogP contribution in [0.2, 0.25) is 0 Å². The summed E-state index contributed by atoms with van der Waals surface area (Å²) in [6.45, 7) is 11.5. The maximum absolute atomic E-state index is 6.25. The van der Waals surface area contributed by atoms with Gasteiger partial charge in [-0.2, -0.15) is 9.78 Å². The molecule has 0 aromatic carbocycles. The largest absolute Gasteiger partial charge is 0.319 e. The molecular weight excluding hydrogens is 266 g/mol. The molecule has 1 spiro atoms. The minimum Gasteiger partial charge on any atom is -0.319 e. The maximum Gasteiger partial charge on any atom is 0.205 e. The quantitative estimate of drug-likeness (QED) is 0.771. The molecule has 21 heavy (non-hydrogen) atoms. The lowest BCUT2D eigenvalue weighted by molar-refractivity contribution is -0.355. The second kappa shape index (κ2) is 8.47. The molecule has 0 bridgehead atoms. The van der Waals surface area contributed by atoms with Crippen molar-refractivity contribution < 1.29 is 14.5 Å². The molecule has 1 saturated carbocycles. The average molecular weight is 301 g/mol. The zero-order chi connectivity index (χ0) is 15.9. The summed E-state index contributed by atoms with van der Waals surface area (Å²) in [4.78, 5) is 11.3. The lowest BCUT2D eigenvalue weighted by atomic mass is 9.86. The molecule has 1 N–H and O–H groups in total. The highest BCUT2D eigenvalue weighted by Crippen LogP contribution is 2.46. The monoisotopic (exact) mass is 301 g/mol. The van der Waals surface area contributed by atoms with E-state index >= 15 is 0 Å². The Bertz CT molecular complexity index is 300. The highest BCUT2D eigenvalue weighted by Gasteiger charge is 2.52. The van der Waals surface area contributed by atoms with E-state index in [0.717, 1.165) is 38.6 Å². The van der Waals surface area contributed by atoms with Crippen molar-refractivity contribution in [3.8, 4) is 0 Å². The molecule has 1 aliphatic carbocycles. The van der Waals surface area contributed by atoms with E-state index in [9.17, 15) is 0 Å². The van der Waals surface area contributed by atoms with Crippen LogP contribution in [0.3, 0.4) is 0 Å². The first-order chi connectivity index (χ1) is 10.0. The molecule has 0 radical (unpaired) electrons. The minimum absolute atomic E-state index is 0.482. The minimum atomic E-state index is -0.589. The smallest absolute Gasteiger partial charge is 0.205 e. The lowest BCUT2D eigenvalue weighted by Crippen LogP contribution is -2.40. The second-order valence-electron chi connectivity index (χ2n) is 6.55.